The summed E-state index contributed by atoms with van der Waals surface area (Å²) in [6.45, 7) is 1.50. The minimum absolute atomic E-state index is 0.0108. The quantitative estimate of drug-likeness (QED) is 0.505. The lowest BCUT2D eigenvalue weighted by Crippen LogP contribution is -2.38. The SMILES string of the molecule is COC(=O)CCc1ccc(O)c(NC(=O)C2CCN(c3ccc(Br)cn3)CC2)c1. The zero-order chi connectivity index (χ0) is 20.8. The van der Waals surface area contributed by atoms with Crippen molar-refractivity contribution in [2.45, 2.75) is 25.7 Å². The van der Waals surface area contributed by atoms with Crippen molar-refractivity contribution in [3.8, 4) is 5.75 Å². The summed E-state index contributed by atoms with van der Waals surface area (Å²) < 4.78 is 5.58. The van der Waals surface area contributed by atoms with Crippen molar-refractivity contribution >= 4 is 39.3 Å². The zero-order valence-corrected chi connectivity index (χ0v) is 17.8. The molecule has 1 amide bonds. The van der Waals surface area contributed by atoms with Crippen LogP contribution in [0, 0.1) is 5.92 Å². The Balaban J connectivity index is 1.56. The highest BCUT2D eigenvalue weighted by atomic mass is 79.9. The first-order valence-corrected chi connectivity index (χ1v) is 10.3. The van der Waals surface area contributed by atoms with Crippen LogP contribution in [0.5, 0.6) is 5.75 Å². The van der Waals surface area contributed by atoms with Gasteiger partial charge in [0.25, 0.3) is 0 Å². The summed E-state index contributed by atoms with van der Waals surface area (Å²) in [6, 6.07) is 8.89. The van der Waals surface area contributed by atoms with E-state index in [0.29, 0.717) is 24.9 Å². The highest BCUT2D eigenvalue weighted by Gasteiger charge is 2.26. The van der Waals surface area contributed by atoms with Gasteiger partial charge in [0.2, 0.25) is 5.91 Å². The molecule has 1 fully saturated rings. The maximum absolute atomic E-state index is 12.7. The van der Waals surface area contributed by atoms with Gasteiger partial charge in [0.15, 0.2) is 0 Å². The Hall–Kier alpha value is -2.61. The summed E-state index contributed by atoms with van der Waals surface area (Å²) in [6.07, 6.45) is 3.93. The van der Waals surface area contributed by atoms with E-state index in [-0.39, 0.29) is 30.0 Å². The molecule has 0 radical (unpaired) electrons. The molecule has 0 aliphatic carbocycles. The van der Waals surface area contributed by atoms with Crippen LogP contribution in [0.15, 0.2) is 41.0 Å². The number of methoxy groups -OCH3 is 1. The van der Waals surface area contributed by atoms with Gasteiger partial charge in [-0.2, -0.15) is 0 Å². The lowest BCUT2D eigenvalue weighted by Gasteiger charge is -2.32. The molecule has 2 N–H and O–H groups in total. The van der Waals surface area contributed by atoms with Crippen molar-refractivity contribution in [2.24, 2.45) is 5.92 Å². The van der Waals surface area contributed by atoms with E-state index in [1.54, 1.807) is 18.3 Å². The molecule has 7 nitrogen and oxygen atoms in total. The number of hydrogen-bond donors (Lipinski definition) is 2. The van der Waals surface area contributed by atoms with Crippen molar-refractivity contribution in [1.82, 2.24) is 4.98 Å². The number of phenolic OH excluding ortho intramolecular Hbond substituents is 1. The van der Waals surface area contributed by atoms with Crippen molar-refractivity contribution in [3.05, 3.63) is 46.6 Å². The minimum Gasteiger partial charge on any atom is -0.506 e. The van der Waals surface area contributed by atoms with Crippen molar-refractivity contribution in [2.75, 3.05) is 30.4 Å². The number of nitrogens with one attached hydrogen (secondary N) is 1. The number of ether oxygens (including phenoxy) is 1. The van der Waals surface area contributed by atoms with E-state index in [1.807, 2.05) is 12.1 Å². The van der Waals surface area contributed by atoms with Crippen LogP contribution in [0.2, 0.25) is 0 Å². The number of nitrogens with zero attached hydrogens (tertiary/aromatic N) is 2. The number of anilines is 2. The van der Waals surface area contributed by atoms with Crippen molar-refractivity contribution in [3.63, 3.8) is 0 Å². The fourth-order valence-electron chi connectivity index (χ4n) is 3.35. The molecule has 0 bridgehead atoms. The molecule has 0 spiro atoms. The fourth-order valence-corrected chi connectivity index (χ4v) is 3.58. The lowest BCUT2D eigenvalue weighted by atomic mass is 9.95. The molecule has 0 atom stereocenters. The smallest absolute Gasteiger partial charge is 0.305 e. The predicted molar refractivity (Wildman–Crippen MR) is 114 cm³/mol. The summed E-state index contributed by atoms with van der Waals surface area (Å²) in [7, 11) is 1.35. The first kappa shape index (κ1) is 21.1. The standard InChI is InChI=1S/C21H24BrN3O4/c1-29-20(27)7-3-14-2-5-18(26)17(12-14)24-21(28)15-8-10-25(11-9-15)19-6-4-16(22)13-23-19/h2,4-6,12-13,15,26H,3,7-11H2,1H3,(H,24,28). The second-order valence-electron chi connectivity index (χ2n) is 7.01. The van der Waals surface area contributed by atoms with Gasteiger partial charge in [-0.25, -0.2) is 4.98 Å². The topological polar surface area (TPSA) is 91.8 Å². The molecule has 1 aliphatic rings. The molecule has 1 aromatic heterocycles. The number of halogens is 1. The Kier molecular flexibility index (Phi) is 7.09. The average Bonchev–Trinajstić information content (AvgIpc) is 2.74. The number of piperidine rings is 1. The van der Waals surface area contributed by atoms with Gasteiger partial charge in [-0.05, 0) is 65.0 Å². The van der Waals surface area contributed by atoms with Crippen LogP contribution in [0.4, 0.5) is 11.5 Å². The number of aromatic nitrogens is 1. The number of aromatic hydroxyl groups is 1. The number of aryl methyl sites for hydroxylation is 1. The molecule has 3 rings (SSSR count). The van der Waals surface area contributed by atoms with Gasteiger partial charge >= 0.3 is 5.97 Å². The number of carbonyl (C=O) groups is 2. The summed E-state index contributed by atoms with van der Waals surface area (Å²) in [5, 5.41) is 12.9. The monoisotopic (exact) mass is 461 g/mol. The van der Waals surface area contributed by atoms with E-state index in [1.165, 1.54) is 13.2 Å². The Morgan fingerprint density at radius 1 is 1.28 bits per heavy atom. The van der Waals surface area contributed by atoms with Gasteiger partial charge < -0.3 is 20.1 Å². The summed E-state index contributed by atoms with van der Waals surface area (Å²) in [5.41, 5.74) is 1.22. The summed E-state index contributed by atoms with van der Waals surface area (Å²) in [5.74, 6) is 0.393. The van der Waals surface area contributed by atoms with Crippen molar-refractivity contribution < 1.29 is 19.4 Å². The minimum atomic E-state index is -0.296. The van der Waals surface area contributed by atoms with E-state index in [4.69, 9.17) is 0 Å². The van der Waals surface area contributed by atoms with Crippen molar-refractivity contribution in [1.29, 1.82) is 0 Å². The largest absolute Gasteiger partial charge is 0.506 e. The number of esters is 1. The molecule has 0 unspecified atom stereocenters. The molecule has 1 aromatic carbocycles. The number of benzene rings is 1. The normalized spacial score (nSPS) is 14.5. The van der Waals surface area contributed by atoms with Gasteiger partial charge in [-0.1, -0.05) is 6.07 Å². The maximum atomic E-state index is 12.7. The zero-order valence-electron chi connectivity index (χ0n) is 16.2. The van der Waals surface area contributed by atoms with Gasteiger partial charge in [0.05, 0.1) is 12.8 Å². The molecule has 1 saturated heterocycles. The van der Waals surface area contributed by atoms with Gasteiger partial charge in [0.1, 0.15) is 11.6 Å². The number of phenols is 1. The number of carbonyl (C=O) groups excluding carboxylic acids is 2. The third-order valence-electron chi connectivity index (χ3n) is 5.07. The van der Waals surface area contributed by atoms with Crippen LogP contribution in [-0.2, 0) is 20.7 Å². The molecular weight excluding hydrogens is 438 g/mol. The molecule has 154 valence electrons. The number of pyridine rings is 1. The highest BCUT2D eigenvalue weighted by molar-refractivity contribution is 9.10. The molecule has 1 aliphatic heterocycles. The molecule has 2 aromatic rings. The van der Waals surface area contributed by atoms with Crippen LogP contribution in [-0.4, -0.2) is 42.2 Å². The molecular formula is C21H24BrN3O4. The molecule has 29 heavy (non-hydrogen) atoms. The second kappa shape index (κ2) is 9.73. The van der Waals surface area contributed by atoms with E-state index in [9.17, 15) is 14.7 Å². The van der Waals surface area contributed by atoms with Crippen LogP contribution in [0.25, 0.3) is 0 Å². The third kappa shape index (κ3) is 5.69. The maximum Gasteiger partial charge on any atom is 0.305 e. The number of amides is 1. The van der Waals surface area contributed by atoms with E-state index in [0.717, 1.165) is 28.9 Å². The van der Waals surface area contributed by atoms with E-state index < -0.39 is 0 Å². The highest BCUT2D eigenvalue weighted by Crippen LogP contribution is 2.28. The Morgan fingerprint density at radius 3 is 2.69 bits per heavy atom. The van der Waals surface area contributed by atoms with Crippen LogP contribution >= 0.6 is 15.9 Å². The van der Waals surface area contributed by atoms with Crippen LogP contribution in [0.1, 0.15) is 24.8 Å². The first-order valence-electron chi connectivity index (χ1n) is 9.52. The Morgan fingerprint density at radius 2 is 2.03 bits per heavy atom. The molecule has 0 saturated carbocycles. The third-order valence-corrected chi connectivity index (χ3v) is 5.53. The second-order valence-corrected chi connectivity index (χ2v) is 7.93. The van der Waals surface area contributed by atoms with E-state index in [2.05, 4.69) is 35.9 Å². The van der Waals surface area contributed by atoms with Crippen LogP contribution in [0.3, 0.4) is 0 Å². The summed E-state index contributed by atoms with van der Waals surface area (Å²) in [4.78, 5) is 30.6. The van der Waals surface area contributed by atoms with E-state index >= 15 is 0 Å². The van der Waals surface area contributed by atoms with Gasteiger partial charge in [-0.3, -0.25) is 9.59 Å². The van der Waals surface area contributed by atoms with Gasteiger partial charge in [-0.15, -0.1) is 0 Å². The van der Waals surface area contributed by atoms with Gasteiger partial charge in [0, 0.05) is 36.1 Å². The molecule has 8 heteroatoms. The number of hydrogen-bond acceptors (Lipinski definition) is 6. The van der Waals surface area contributed by atoms with Crippen LogP contribution < -0.4 is 10.2 Å². The fraction of sp³-hybridized carbons (Fsp3) is 0.381. The Labute approximate surface area is 178 Å². The predicted octanol–water partition coefficient (Wildman–Crippen LogP) is 3.51. The average molecular weight is 462 g/mol. The Bertz CT molecular complexity index is 865. The summed E-state index contributed by atoms with van der Waals surface area (Å²) >= 11 is 3.38. The molecule has 2 heterocycles. The number of rotatable bonds is 6. The lowest BCUT2D eigenvalue weighted by molar-refractivity contribution is -0.140. The first-order chi connectivity index (χ1) is 14.0.